The van der Waals surface area contributed by atoms with Gasteiger partial charge in [-0.25, -0.2) is 4.79 Å². The largest absolute Gasteiger partial charge is 0.467 e. The van der Waals surface area contributed by atoms with Crippen molar-refractivity contribution in [3.05, 3.63) is 36.0 Å². The second-order valence-electron chi connectivity index (χ2n) is 7.47. The van der Waals surface area contributed by atoms with Crippen molar-refractivity contribution in [2.75, 3.05) is 32.3 Å². The van der Waals surface area contributed by atoms with Gasteiger partial charge in [-0.2, -0.15) is 22.8 Å². The summed E-state index contributed by atoms with van der Waals surface area (Å²) in [6.45, 7) is 0.502. The fourth-order valence-corrected chi connectivity index (χ4v) is 3.71. The van der Waals surface area contributed by atoms with Crippen LogP contribution in [0.2, 0.25) is 0 Å². The summed E-state index contributed by atoms with van der Waals surface area (Å²) in [4.78, 5) is 12.6. The molecule has 0 radical (unpaired) electrons. The van der Waals surface area contributed by atoms with Crippen molar-refractivity contribution in [1.29, 1.82) is 0 Å². The Bertz CT molecular complexity index is 1150. The van der Waals surface area contributed by atoms with Gasteiger partial charge in [0, 0.05) is 31.8 Å². The Hall–Kier alpha value is -3.61. The number of anilines is 1. The minimum absolute atomic E-state index is 0.0610. The highest BCUT2D eigenvalue weighted by Crippen LogP contribution is 2.38. The molecule has 3 aromatic rings. The Morgan fingerprint density at radius 3 is 2.85 bits per heavy atom. The third-order valence-electron chi connectivity index (χ3n) is 5.25. The molecule has 10 nitrogen and oxygen atoms in total. The molecular formula is C20H21F3N6O4. The van der Waals surface area contributed by atoms with Crippen LogP contribution in [-0.2, 0) is 10.9 Å². The first-order chi connectivity index (χ1) is 15.8. The number of piperidine rings is 1. The molecule has 176 valence electrons. The standard InChI is InChI=1S/C20H21F3N6O4/c1-32-11-33-16-9-12(20(21,22)23)4-5-14(16)17-15-6-7-24-29(15)18(27-26-17)25-13-3-2-8-28(10-13)19(30)31/h4-7,9,13H,2-3,8,10-11H2,1H3,(H,25,27)(H,30,31). The number of carboxylic acid groups (broad SMARTS) is 1. The lowest BCUT2D eigenvalue weighted by Crippen LogP contribution is -2.44. The number of aromatic nitrogens is 4. The Labute approximate surface area is 185 Å². The molecular weight excluding hydrogens is 445 g/mol. The van der Waals surface area contributed by atoms with Crippen molar-refractivity contribution in [3.63, 3.8) is 0 Å². The second kappa shape index (κ2) is 9.10. The minimum Gasteiger partial charge on any atom is -0.467 e. The summed E-state index contributed by atoms with van der Waals surface area (Å²) >= 11 is 0. The quantitative estimate of drug-likeness (QED) is 0.532. The first-order valence-electron chi connectivity index (χ1n) is 10.1. The summed E-state index contributed by atoms with van der Waals surface area (Å²) in [6.07, 6.45) is -2.58. The molecule has 1 amide bonds. The van der Waals surface area contributed by atoms with Crippen LogP contribution >= 0.6 is 0 Å². The predicted molar refractivity (Wildman–Crippen MR) is 110 cm³/mol. The van der Waals surface area contributed by atoms with E-state index in [2.05, 4.69) is 20.6 Å². The number of methoxy groups -OCH3 is 1. The van der Waals surface area contributed by atoms with Gasteiger partial charge in [0.1, 0.15) is 11.4 Å². The fraction of sp³-hybridized carbons (Fsp3) is 0.400. The van der Waals surface area contributed by atoms with E-state index < -0.39 is 17.8 Å². The van der Waals surface area contributed by atoms with Crippen LogP contribution in [0.1, 0.15) is 18.4 Å². The summed E-state index contributed by atoms with van der Waals surface area (Å²) in [7, 11) is 1.36. The van der Waals surface area contributed by atoms with Crippen LogP contribution in [0, 0.1) is 0 Å². The molecule has 2 N–H and O–H groups in total. The average Bonchev–Trinajstić information content (AvgIpc) is 3.28. The van der Waals surface area contributed by atoms with Crippen LogP contribution in [0.3, 0.4) is 0 Å². The van der Waals surface area contributed by atoms with E-state index in [1.807, 2.05) is 0 Å². The van der Waals surface area contributed by atoms with Gasteiger partial charge in [-0.05, 0) is 37.1 Å². The van der Waals surface area contributed by atoms with Gasteiger partial charge < -0.3 is 24.8 Å². The second-order valence-corrected chi connectivity index (χ2v) is 7.47. The van der Waals surface area contributed by atoms with Crippen molar-refractivity contribution in [1.82, 2.24) is 24.7 Å². The number of carbonyl (C=O) groups is 1. The maximum atomic E-state index is 13.2. The van der Waals surface area contributed by atoms with Crippen LogP contribution < -0.4 is 10.1 Å². The van der Waals surface area contributed by atoms with E-state index in [1.54, 1.807) is 6.07 Å². The highest BCUT2D eigenvalue weighted by Gasteiger charge is 2.32. The number of likely N-dealkylation sites (tertiary alicyclic amines) is 1. The minimum atomic E-state index is -4.54. The normalized spacial score (nSPS) is 16.7. The summed E-state index contributed by atoms with van der Waals surface area (Å²) < 4.78 is 51.3. The number of fused-ring (bicyclic) bond motifs is 1. The number of nitrogens with zero attached hydrogens (tertiary/aromatic N) is 5. The van der Waals surface area contributed by atoms with Crippen LogP contribution in [0.15, 0.2) is 30.5 Å². The molecule has 33 heavy (non-hydrogen) atoms. The van der Waals surface area contributed by atoms with Crippen molar-refractivity contribution in [3.8, 4) is 17.0 Å². The number of benzene rings is 1. The zero-order valence-corrected chi connectivity index (χ0v) is 17.5. The number of halogens is 3. The Kier molecular flexibility index (Phi) is 6.22. The highest BCUT2D eigenvalue weighted by atomic mass is 19.4. The van der Waals surface area contributed by atoms with Gasteiger partial charge in [0.15, 0.2) is 6.79 Å². The zero-order chi connectivity index (χ0) is 23.6. The summed E-state index contributed by atoms with van der Waals surface area (Å²) in [5.74, 6) is 0.233. The number of hydrogen-bond acceptors (Lipinski definition) is 7. The Morgan fingerprint density at radius 1 is 1.30 bits per heavy atom. The fourth-order valence-electron chi connectivity index (χ4n) is 3.71. The summed E-state index contributed by atoms with van der Waals surface area (Å²) in [5.41, 5.74) is 0.182. The molecule has 1 aliphatic heterocycles. The number of hydrogen-bond donors (Lipinski definition) is 2. The van der Waals surface area contributed by atoms with Gasteiger partial charge in [0.2, 0.25) is 5.95 Å². The van der Waals surface area contributed by atoms with E-state index in [0.717, 1.165) is 18.6 Å². The Balaban J connectivity index is 1.69. The van der Waals surface area contributed by atoms with E-state index >= 15 is 0 Å². The number of rotatable bonds is 6. The number of ether oxygens (including phenoxy) is 2. The van der Waals surface area contributed by atoms with Gasteiger partial charge in [-0.15, -0.1) is 10.2 Å². The van der Waals surface area contributed by atoms with Crippen LogP contribution in [0.4, 0.5) is 23.9 Å². The number of nitrogens with one attached hydrogen (secondary N) is 1. The van der Waals surface area contributed by atoms with Crippen molar-refractivity contribution >= 4 is 17.6 Å². The first kappa shape index (κ1) is 22.6. The third-order valence-corrected chi connectivity index (χ3v) is 5.25. The molecule has 1 atom stereocenters. The molecule has 0 aliphatic carbocycles. The molecule has 1 aliphatic rings. The topological polar surface area (TPSA) is 114 Å². The van der Waals surface area contributed by atoms with E-state index in [0.29, 0.717) is 30.0 Å². The zero-order valence-electron chi connectivity index (χ0n) is 17.5. The molecule has 0 spiro atoms. The predicted octanol–water partition coefficient (Wildman–Crippen LogP) is 3.35. The van der Waals surface area contributed by atoms with Crippen molar-refractivity contribution in [2.45, 2.75) is 25.1 Å². The molecule has 3 heterocycles. The van der Waals surface area contributed by atoms with Crippen molar-refractivity contribution in [2.24, 2.45) is 0 Å². The maximum absolute atomic E-state index is 13.2. The molecule has 4 rings (SSSR count). The molecule has 1 saturated heterocycles. The smallest absolute Gasteiger partial charge is 0.416 e. The van der Waals surface area contributed by atoms with E-state index in [-0.39, 0.29) is 30.8 Å². The van der Waals surface area contributed by atoms with Gasteiger partial charge in [0.25, 0.3) is 0 Å². The summed E-state index contributed by atoms with van der Waals surface area (Å²) in [5, 5.41) is 25.1. The van der Waals surface area contributed by atoms with Crippen LogP contribution in [0.25, 0.3) is 16.8 Å². The SMILES string of the molecule is COCOc1cc(C(F)(F)F)ccc1-c1nnc(NC2CCCN(C(=O)O)C2)n2nccc12. The van der Waals surface area contributed by atoms with E-state index in [4.69, 9.17) is 9.47 Å². The molecule has 13 heteroatoms. The summed E-state index contributed by atoms with van der Waals surface area (Å²) in [6, 6.07) is 4.56. The maximum Gasteiger partial charge on any atom is 0.416 e. The lowest BCUT2D eigenvalue weighted by molar-refractivity contribution is -0.137. The lowest BCUT2D eigenvalue weighted by Gasteiger charge is -2.31. The van der Waals surface area contributed by atoms with E-state index in [1.165, 1.54) is 28.8 Å². The highest BCUT2D eigenvalue weighted by molar-refractivity contribution is 5.81. The van der Waals surface area contributed by atoms with Gasteiger partial charge in [-0.1, -0.05) is 0 Å². The van der Waals surface area contributed by atoms with E-state index in [9.17, 15) is 23.1 Å². The molecule has 0 saturated carbocycles. The van der Waals surface area contributed by atoms with Gasteiger partial charge in [-0.3, -0.25) is 0 Å². The van der Waals surface area contributed by atoms with Crippen LogP contribution in [-0.4, -0.2) is 68.9 Å². The van der Waals surface area contributed by atoms with Gasteiger partial charge in [0.05, 0.1) is 17.3 Å². The molecule has 1 aromatic carbocycles. The molecule has 1 unspecified atom stereocenters. The molecule has 1 fully saturated rings. The van der Waals surface area contributed by atoms with Crippen molar-refractivity contribution < 1.29 is 32.5 Å². The third kappa shape index (κ3) is 4.77. The number of alkyl halides is 3. The molecule has 0 bridgehead atoms. The molecule has 2 aromatic heterocycles. The first-order valence-corrected chi connectivity index (χ1v) is 10.1. The average molecular weight is 466 g/mol. The van der Waals surface area contributed by atoms with Crippen LogP contribution in [0.5, 0.6) is 5.75 Å². The lowest BCUT2D eigenvalue weighted by atomic mass is 10.1. The Morgan fingerprint density at radius 2 is 2.12 bits per heavy atom. The van der Waals surface area contributed by atoms with Gasteiger partial charge >= 0.3 is 12.3 Å². The monoisotopic (exact) mass is 466 g/mol. The number of amides is 1.